The highest BCUT2D eigenvalue weighted by Crippen LogP contribution is 2.35. The van der Waals surface area contributed by atoms with Crippen LogP contribution in [0, 0.1) is 6.92 Å². The van der Waals surface area contributed by atoms with E-state index in [4.69, 9.17) is 9.47 Å². The lowest BCUT2D eigenvalue weighted by molar-refractivity contribution is -0.137. The molecule has 2 amide bonds. The molecule has 1 aliphatic heterocycles. The highest BCUT2D eigenvalue weighted by atomic mass is 16.5. The fourth-order valence-electron chi connectivity index (χ4n) is 3.53. The number of carbonyl (C=O) groups is 2. The zero-order valence-electron chi connectivity index (χ0n) is 18.1. The second kappa shape index (κ2) is 8.93. The number of amides is 2. The molecule has 0 saturated heterocycles. The maximum Gasteiger partial charge on any atom is 0.278 e. The van der Waals surface area contributed by atoms with Gasteiger partial charge in [0.1, 0.15) is 17.2 Å². The summed E-state index contributed by atoms with van der Waals surface area (Å²) in [5.74, 6) is 0.336. The van der Waals surface area contributed by atoms with Crippen LogP contribution in [0.4, 0.5) is 5.69 Å². The van der Waals surface area contributed by atoms with Crippen molar-refractivity contribution in [3.63, 3.8) is 0 Å². The highest BCUT2D eigenvalue weighted by Gasteiger charge is 2.39. The predicted octanol–water partition coefficient (Wildman–Crippen LogP) is 3.80. The van der Waals surface area contributed by atoms with E-state index in [1.165, 1.54) is 12.0 Å². The Morgan fingerprint density at radius 1 is 0.969 bits per heavy atom. The number of aryl methyl sites for hydroxylation is 1. The van der Waals surface area contributed by atoms with Gasteiger partial charge in [-0.3, -0.25) is 19.5 Å². The van der Waals surface area contributed by atoms with Crippen molar-refractivity contribution in [2.45, 2.75) is 13.5 Å². The van der Waals surface area contributed by atoms with Gasteiger partial charge in [0.25, 0.3) is 11.8 Å². The third-order valence-electron chi connectivity index (χ3n) is 5.24. The lowest BCUT2D eigenvalue weighted by Gasteiger charge is -2.16. The van der Waals surface area contributed by atoms with E-state index in [0.29, 0.717) is 28.3 Å². The van der Waals surface area contributed by atoms with Crippen LogP contribution in [0.2, 0.25) is 0 Å². The molecule has 1 aromatic heterocycles. The molecule has 0 spiro atoms. The SMILES string of the molecule is COc1ccc(NC2=C(c3ccc(C)cc3)C(=O)N(Cc3cccnc3)C2=O)c(OC)c1. The molecule has 1 N–H and O–H groups in total. The van der Waals surface area contributed by atoms with Gasteiger partial charge >= 0.3 is 0 Å². The number of hydrogen-bond donors (Lipinski definition) is 1. The molecule has 32 heavy (non-hydrogen) atoms. The number of pyridine rings is 1. The summed E-state index contributed by atoms with van der Waals surface area (Å²) in [6.45, 7) is 2.10. The van der Waals surface area contributed by atoms with Gasteiger partial charge in [-0.05, 0) is 36.2 Å². The van der Waals surface area contributed by atoms with Crippen LogP contribution < -0.4 is 14.8 Å². The Bertz CT molecular complexity index is 1190. The number of aromatic nitrogens is 1. The van der Waals surface area contributed by atoms with Crippen molar-refractivity contribution in [1.82, 2.24) is 9.88 Å². The standard InChI is InChI=1S/C25H23N3O4/c1-16-6-8-18(9-7-16)22-23(27-20-11-10-19(31-2)13-21(20)32-3)25(30)28(24(22)29)15-17-5-4-12-26-14-17/h4-14,27H,15H2,1-3H3. The van der Waals surface area contributed by atoms with Gasteiger partial charge < -0.3 is 14.8 Å². The van der Waals surface area contributed by atoms with Crippen LogP contribution in [-0.4, -0.2) is 35.9 Å². The first-order chi connectivity index (χ1) is 15.5. The molecule has 7 nitrogen and oxygen atoms in total. The number of hydrogen-bond acceptors (Lipinski definition) is 6. The summed E-state index contributed by atoms with van der Waals surface area (Å²) in [4.78, 5) is 32.1. The molecular weight excluding hydrogens is 406 g/mol. The van der Waals surface area contributed by atoms with Crippen LogP contribution >= 0.6 is 0 Å². The number of anilines is 1. The lowest BCUT2D eigenvalue weighted by Crippen LogP contribution is -2.32. The first kappa shape index (κ1) is 21.1. The van der Waals surface area contributed by atoms with E-state index in [1.54, 1.807) is 43.8 Å². The number of nitrogens with zero attached hydrogens (tertiary/aromatic N) is 2. The molecule has 0 radical (unpaired) electrons. The highest BCUT2D eigenvalue weighted by molar-refractivity contribution is 6.36. The second-order valence-electron chi connectivity index (χ2n) is 7.36. The third-order valence-corrected chi connectivity index (χ3v) is 5.24. The number of rotatable bonds is 7. The largest absolute Gasteiger partial charge is 0.497 e. The predicted molar refractivity (Wildman–Crippen MR) is 121 cm³/mol. The number of methoxy groups -OCH3 is 2. The van der Waals surface area contributed by atoms with Gasteiger partial charge in [0.15, 0.2) is 0 Å². The van der Waals surface area contributed by atoms with Crippen LogP contribution in [0.15, 0.2) is 72.7 Å². The Hall–Kier alpha value is -4.13. The summed E-state index contributed by atoms with van der Waals surface area (Å²) in [7, 11) is 3.10. The van der Waals surface area contributed by atoms with Gasteiger partial charge in [0.05, 0.1) is 32.0 Å². The molecule has 0 unspecified atom stereocenters. The third kappa shape index (κ3) is 4.05. The molecule has 0 saturated carbocycles. The summed E-state index contributed by atoms with van der Waals surface area (Å²) in [5.41, 5.74) is 3.56. The topological polar surface area (TPSA) is 80.8 Å². The zero-order valence-corrected chi connectivity index (χ0v) is 18.1. The Kier molecular flexibility index (Phi) is 5.89. The van der Waals surface area contributed by atoms with E-state index in [0.717, 1.165) is 11.1 Å². The number of ether oxygens (including phenoxy) is 2. The summed E-state index contributed by atoms with van der Waals surface area (Å²) >= 11 is 0. The molecule has 0 bridgehead atoms. The smallest absolute Gasteiger partial charge is 0.278 e. The first-order valence-corrected chi connectivity index (χ1v) is 10.1. The quantitative estimate of drug-likeness (QED) is 0.576. The summed E-state index contributed by atoms with van der Waals surface area (Å²) in [5, 5.41) is 3.14. The van der Waals surface area contributed by atoms with E-state index in [2.05, 4.69) is 10.3 Å². The Balaban J connectivity index is 1.76. The molecule has 2 aromatic carbocycles. The Morgan fingerprint density at radius 2 is 1.75 bits per heavy atom. The van der Waals surface area contributed by atoms with Gasteiger partial charge in [-0.15, -0.1) is 0 Å². The van der Waals surface area contributed by atoms with Crippen LogP contribution in [0.5, 0.6) is 11.5 Å². The van der Waals surface area contributed by atoms with Crippen molar-refractivity contribution in [1.29, 1.82) is 0 Å². The zero-order chi connectivity index (χ0) is 22.7. The second-order valence-corrected chi connectivity index (χ2v) is 7.36. The fourth-order valence-corrected chi connectivity index (χ4v) is 3.53. The molecular formula is C25H23N3O4. The molecule has 7 heteroatoms. The normalized spacial score (nSPS) is 13.5. The van der Waals surface area contributed by atoms with Crippen molar-refractivity contribution >= 4 is 23.1 Å². The average Bonchev–Trinajstić information content (AvgIpc) is 3.05. The molecule has 2 heterocycles. The Morgan fingerprint density at radius 3 is 2.41 bits per heavy atom. The van der Waals surface area contributed by atoms with E-state index < -0.39 is 5.91 Å². The van der Waals surface area contributed by atoms with Gasteiger partial charge in [0, 0.05) is 18.5 Å². The lowest BCUT2D eigenvalue weighted by atomic mass is 10.0. The molecule has 0 atom stereocenters. The van der Waals surface area contributed by atoms with Crippen molar-refractivity contribution in [3.8, 4) is 11.5 Å². The number of imide groups is 1. The van der Waals surface area contributed by atoms with E-state index in [-0.39, 0.29) is 18.1 Å². The van der Waals surface area contributed by atoms with Gasteiger partial charge in [-0.25, -0.2) is 0 Å². The summed E-state index contributed by atoms with van der Waals surface area (Å²) in [6.07, 6.45) is 3.29. The van der Waals surface area contributed by atoms with Crippen LogP contribution in [0.25, 0.3) is 5.57 Å². The summed E-state index contributed by atoms with van der Waals surface area (Å²) in [6, 6.07) is 16.3. The molecule has 4 rings (SSSR count). The number of nitrogens with one attached hydrogen (secondary N) is 1. The van der Waals surface area contributed by atoms with Gasteiger partial charge in [0.2, 0.25) is 0 Å². The van der Waals surface area contributed by atoms with E-state index in [1.807, 2.05) is 37.3 Å². The minimum atomic E-state index is -0.410. The monoisotopic (exact) mass is 429 g/mol. The fraction of sp³-hybridized carbons (Fsp3) is 0.160. The van der Waals surface area contributed by atoms with E-state index in [9.17, 15) is 9.59 Å². The molecule has 0 aliphatic carbocycles. The van der Waals surface area contributed by atoms with Gasteiger partial charge in [-0.1, -0.05) is 35.9 Å². The van der Waals surface area contributed by atoms with Crippen LogP contribution in [0.3, 0.4) is 0 Å². The van der Waals surface area contributed by atoms with Crippen molar-refractivity contribution in [3.05, 3.63) is 89.4 Å². The van der Waals surface area contributed by atoms with Crippen LogP contribution in [0.1, 0.15) is 16.7 Å². The van der Waals surface area contributed by atoms with Gasteiger partial charge in [-0.2, -0.15) is 0 Å². The number of carbonyl (C=O) groups excluding carboxylic acids is 2. The van der Waals surface area contributed by atoms with Crippen molar-refractivity contribution in [2.24, 2.45) is 0 Å². The van der Waals surface area contributed by atoms with Crippen molar-refractivity contribution in [2.75, 3.05) is 19.5 Å². The molecule has 162 valence electrons. The molecule has 0 fully saturated rings. The number of benzene rings is 2. The Labute approximate surface area is 186 Å². The summed E-state index contributed by atoms with van der Waals surface area (Å²) < 4.78 is 10.7. The maximum atomic E-state index is 13.4. The average molecular weight is 429 g/mol. The molecule has 3 aromatic rings. The minimum absolute atomic E-state index is 0.131. The maximum absolute atomic E-state index is 13.4. The van der Waals surface area contributed by atoms with E-state index >= 15 is 0 Å². The minimum Gasteiger partial charge on any atom is -0.497 e. The first-order valence-electron chi connectivity index (χ1n) is 10.1. The van der Waals surface area contributed by atoms with Crippen LogP contribution in [-0.2, 0) is 16.1 Å². The molecule has 1 aliphatic rings. The van der Waals surface area contributed by atoms with Crippen molar-refractivity contribution < 1.29 is 19.1 Å².